The Hall–Kier alpha value is -3.08. The van der Waals surface area contributed by atoms with E-state index in [0.717, 1.165) is 72.4 Å². The summed E-state index contributed by atoms with van der Waals surface area (Å²) >= 11 is 0. The van der Waals surface area contributed by atoms with Crippen LogP contribution in [0.4, 0.5) is 5.82 Å². The van der Waals surface area contributed by atoms with Crippen molar-refractivity contribution in [3.8, 4) is 5.95 Å². The van der Waals surface area contributed by atoms with Gasteiger partial charge in [-0.2, -0.15) is 9.97 Å². The summed E-state index contributed by atoms with van der Waals surface area (Å²) in [7, 11) is 2.09. The Morgan fingerprint density at radius 2 is 1.78 bits per heavy atom. The van der Waals surface area contributed by atoms with Gasteiger partial charge < -0.3 is 19.5 Å². The molecule has 1 N–H and O–H groups in total. The average Bonchev–Trinajstić information content (AvgIpc) is 3.61. The van der Waals surface area contributed by atoms with E-state index in [-0.39, 0.29) is 0 Å². The second-order valence-electron chi connectivity index (χ2n) is 10.9. The second kappa shape index (κ2) is 9.04. The number of hydrogen-bond acceptors (Lipinski definition) is 8. The van der Waals surface area contributed by atoms with Gasteiger partial charge in [-0.05, 0) is 63.4 Å². The first-order valence-electron chi connectivity index (χ1n) is 13.5. The number of ether oxygens (including phenoxy) is 1. The van der Waals surface area contributed by atoms with E-state index in [1.165, 1.54) is 32.4 Å². The fourth-order valence-electron chi connectivity index (χ4n) is 6.32. The van der Waals surface area contributed by atoms with E-state index < -0.39 is 0 Å². The molecule has 0 unspecified atom stereocenters. The number of benzene rings is 1. The Labute approximate surface area is 216 Å². The van der Waals surface area contributed by atoms with Crippen LogP contribution in [0.3, 0.4) is 0 Å². The monoisotopic (exact) mass is 501 g/mol. The zero-order valence-electron chi connectivity index (χ0n) is 21.8. The first-order chi connectivity index (χ1) is 18.1. The zero-order valence-corrected chi connectivity index (χ0v) is 21.8. The molecule has 194 valence electrons. The minimum atomic E-state index is 0.512. The molecule has 0 atom stereocenters. The van der Waals surface area contributed by atoms with Gasteiger partial charge >= 0.3 is 0 Å². The molecular weight excluding hydrogens is 466 g/mol. The molecule has 1 aromatic carbocycles. The highest BCUT2D eigenvalue weighted by atomic mass is 16.5. The third kappa shape index (κ3) is 3.98. The fraction of sp³-hybridized carbons (Fsp3) is 0.556. The number of para-hydroxylation sites is 2. The van der Waals surface area contributed by atoms with Crippen LogP contribution in [0.15, 0.2) is 24.3 Å². The van der Waals surface area contributed by atoms with Crippen LogP contribution in [0, 0.1) is 12.3 Å². The lowest BCUT2D eigenvalue weighted by molar-refractivity contribution is 0.111. The molecular formula is C27H35N9O. The molecule has 7 rings (SSSR count). The van der Waals surface area contributed by atoms with Crippen molar-refractivity contribution in [1.82, 2.24) is 39.3 Å². The summed E-state index contributed by atoms with van der Waals surface area (Å²) in [6.45, 7) is 10.4. The number of aromatic nitrogens is 6. The molecule has 3 fully saturated rings. The molecule has 3 aliphatic rings. The van der Waals surface area contributed by atoms with Crippen molar-refractivity contribution < 1.29 is 4.74 Å². The second-order valence-corrected chi connectivity index (χ2v) is 10.9. The van der Waals surface area contributed by atoms with E-state index in [4.69, 9.17) is 24.7 Å². The molecule has 0 radical (unpaired) electrons. The van der Waals surface area contributed by atoms with Crippen LogP contribution in [-0.4, -0.2) is 86.5 Å². The highest BCUT2D eigenvalue weighted by Crippen LogP contribution is 2.37. The van der Waals surface area contributed by atoms with Gasteiger partial charge in [-0.25, -0.2) is 9.97 Å². The standard InChI is InChI=1S/C27H35N9O/c1-19-29-20-5-3-4-6-21(20)36(19)26-31-24-23(25(32-26)35-13-15-37-16-14-35)30-22(33(24)2)17-34-11-8-27(9-12-34)7-10-28-18-27/h3-6,28H,7-18H2,1-2H3. The van der Waals surface area contributed by atoms with Gasteiger partial charge in [-0.1, -0.05) is 12.1 Å². The van der Waals surface area contributed by atoms with Crippen molar-refractivity contribution in [3.63, 3.8) is 0 Å². The lowest BCUT2D eigenvalue weighted by atomic mass is 9.78. The number of rotatable bonds is 4. The first kappa shape index (κ1) is 23.1. The van der Waals surface area contributed by atoms with Gasteiger partial charge in [0.1, 0.15) is 11.6 Å². The lowest BCUT2D eigenvalue weighted by Crippen LogP contribution is -2.41. The molecule has 3 aliphatic heterocycles. The van der Waals surface area contributed by atoms with Crippen LogP contribution < -0.4 is 10.2 Å². The predicted molar refractivity (Wildman–Crippen MR) is 143 cm³/mol. The molecule has 6 heterocycles. The van der Waals surface area contributed by atoms with Gasteiger partial charge in [0.25, 0.3) is 0 Å². The number of fused-ring (bicyclic) bond motifs is 2. The normalized spacial score (nSPS) is 20.5. The molecule has 0 saturated carbocycles. The van der Waals surface area contributed by atoms with E-state index in [1.54, 1.807) is 0 Å². The largest absolute Gasteiger partial charge is 0.378 e. The number of nitrogens with zero attached hydrogens (tertiary/aromatic N) is 8. The number of piperidine rings is 1. The summed E-state index contributed by atoms with van der Waals surface area (Å²) in [5, 5.41) is 3.57. The Balaban J connectivity index is 1.29. The predicted octanol–water partition coefficient (Wildman–Crippen LogP) is 2.42. The third-order valence-electron chi connectivity index (χ3n) is 8.63. The summed E-state index contributed by atoms with van der Waals surface area (Å²) in [5.74, 6) is 3.45. The van der Waals surface area contributed by atoms with Gasteiger partial charge in [0, 0.05) is 26.7 Å². The molecule has 3 saturated heterocycles. The summed E-state index contributed by atoms with van der Waals surface area (Å²) in [4.78, 5) is 25.0. The highest BCUT2D eigenvalue weighted by Gasteiger charge is 2.37. The maximum atomic E-state index is 5.64. The number of imidazole rings is 2. The Morgan fingerprint density at radius 3 is 2.57 bits per heavy atom. The topological polar surface area (TPSA) is 89.2 Å². The SMILES string of the molecule is Cc1nc2ccccc2n1-c1nc(N2CCOCC2)c2nc(CN3CCC4(CCNC4)CC3)n(C)c2n1. The number of aryl methyl sites for hydroxylation is 2. The maximum absolute atomic E-state index is 5.64. The molecule has 4 aromatic rings. The lowest BCUT2D eigenvalue weighted by Gasteiger charge is -2.38. The fourth-order valence-corrected chi connectivity index (χ4v) is 6.32. The number of morpholine rings is 1. The molecule has 1 spiro atoms. The van der Waals surface area contributed by atoms with E-state index in [1.807, 2.05) is 25.1 Å². The van der Waals surface area contributed by atoms with Crippen LogP contribution in [-0.2, 0) is 18.3 Å². The smallest absolute Gasteiger partial charge is 0.239 e. The minimum absolute atomic E-state index is 0.512. The van der Waals surface area contributed by atoms with Crippen LogP contribution in [0.1, 0.15) is 30.9 Å². The highest BCUT2D eigenvalue weighted by molar-refractivity contribution is 5.86. The van der Waals surface area contributed by atoms with E-state index in [9.17, 15) is 0 Å². The Kier molecular flexibility index (Phi) is 5.63. The van der Waals surface area contributed by atoms with Gasteiger partial charge in [0.15, 0.2) is 17.0 Å². The van der Waals surface area contributed by atoms with Crippen molar-refractivity contribution in [2.45, 2.75) is 32.7 Å². The van der Waals surface area contributed by atoms with Crippen LogP contribution in [0.5, 0.6) is 0 Å². The molecule has 10 heteroatoms. The van der Waals surface area contributed by atoms with Crippen molar-refractivity contribution >= 4 is 28.0 Å². The van der Waals surface area contributed by atoms with Crippen molar-refractivity contribution in [1.29, 1.82) is 0 Å². The van der Waals surface area contributed by atoms with Crippen LogP contribution >= 0.6 is 0 Å². The van der Waals surface area contributed by atoms with Crippen LogP contribution in [0.25, 0.3) is 28.1 Å². The molecule has 0 amide bonds. The van der Waals surface area contributed by atoms with E-state index >= 15 is 0 Å². The van der Waals surface area contributed by atoms with Gasteiger partial charge in [0.05, 0.1) is 30.8 Å². The average molecular weight is 502 g/mol. The minimum Gasteiger partial charge on any atom is -0.378 e. The Bertz CT molecular complexity index is 1440. The maximum Gasteiger partial charge on any atom is 0.239 e. The van der Waals surface area contributed by atoms with Crippen molar-refractivity contribution in [3.05, 3.63) is 35.9 Å². The summed E-state index contributed by atoms with van der Waals surface area (Å²) in [6.07, 6.45) is 3.84. The first-order valence-corrected chi connectivity index (χ1v) is 13.5. The Morgan fingerprint density at radius 1 is 0.973 bits per heavy atom. The summed E-state index contributed by atoms with van der Waals surface area (Å²) in [5.41, 5.74) is 4.21. The molecule has 3 aromatic heterocycles. The number of nitrogens with one attached hydrogen (secondary N) is 1. The van der Waals surface area contributed by atoms with E-state index in [2.05, 4.69) is 37.4 Å². The zero-order chi connectivity index (χ0) is 25.0. The molecule has 10 nitrogen and oxygen atoms in total. The summed E-state index contributed by atoms with van der Waals surface area (Å²) in [6, 6.07) is 8.16. The molecule has 37 heavy (non-hydrogen) atoms. The van der Waals surface area contributed by atoms with Crippen molar-refractivity contribution in [2.75, 3.05) is 57.4 Å². The summed E-state index contributed by atoms with van der Waals surface area (Å²) < 4.78 is 9.87. The van der Waals surface area contributed by atoms with Gasteiger partial charge in [0.2, 0.25) is 5.95 Å². The van der Waals surface area contributed by atoms with Crippen LogP contribution in [0.2, 0.25) is 0 Å². The van der Waals surface area contributed by atoms with Crippen molar-refractivity contribution in [2.24, 2.45) is 12.5 Å². The number of anilines is 1. The quantitative estimate of drug-likeness (QED) is 0.456. The molecule has 0 bridgehead atoms. The van der Waals surface area contributed by atoms with Gasteiger partial charge in [-0.15, -0.1) is 0 Å². The van der Waals surface area contributed by atoms with E-state index in [0.29, 0.717) is 24.6 Å². The number of likely N-dealkylation sites (tertiary alicyclic amines) is 1. The third-order valence-corrected chi connectivity index (χ3v) is 8.63. The molecule has 0 aliphatic carbocycles. The number of hydrogen-bond donors (Lipinski definition) is 1. The van der Waals surface area contributed by atoms with Gasteiger partial charge in [-0.3, -0.25) is 9.47 Å².